The van der Waals surface area contributed by atoms with Crippen LogP contribution in [0.2, 0.25) is 0 Å². The summed E-state index contributed by atoms with van der Waals surface area (Å²) in [6, 6.07) is 6.16. The maximum Gasteiger partial charge on any atom is 0.110 e. The first-order valence-corrected chi connectivity index (χ1v) is 5.32. The standard InChI is InChI=1S/C10H13BrClN/c1-7-4-5-8(11)6-9(7)10(12)13(2)3/h4-6,10H,1-3H3. The molecule has 0 aliphatic rings. The largest absolute Gasteiger partial charge is 0.290 e. The van der Waals surface area contributed by atoms with E-state index in [1.165, 1.54) is 5.56 Å². The Morgan fingerprint density at radius 3 is 2.54 bits per heavy atom. The van der Waals surface area contributed by atoms with Gasteiger partial charge in [0.1, 0.15) is 5.50 Å². The van der Waals surface area contributed by atoms with Gasteiger partial charge in [-0.2, -0.15) is 0 Å². The van der Waals surface area contributed by atoms with Gasteiger partial charge in [-0.25, -0.2) is 0 Å². The zero-order valence-electron chi connectivity index (χ0n) is 8.01. The summed E-state index contributed by atoms with van der Waals surface area (Å²) in [6.07, 6.45) is 0. The molecule has 0 saturated carbocycles. The molecule has 0 aliphatic heterocycles. The van der Waals surface area contributed by atoms with E-state index in [-0.39, 0.29) is 5.50 Å². The third-order valence-electron chi connectivity index (χ3n) is 1.95. The molecule has 1 atom stereocenters. The van der Waals surface area contributed by atoms with Crippen LogP contribution in [0.25, 0.3) is 0 Å². The Morgan fingerprint density at radius 2 is 2.00 bits per heavy atom. The number of halogens is 2. The van der Waals surface area contributed by atoms with Crippen LogP contribution in [0.15, 0.2) is 22.7 Å². The highest BCUT2D eigenvalue weighted by Gasteiger charge is 2.12. The molecule has 1 aromatic carbocycles. The van der Waals surface area contributed by atoms with E-state index < -0.39 is 0 Å². The summed E-state index contributed by atoms with van der Waals surface area (Å²) < 4.78 is 1.07. The summed E-state index contributed by atoms with van der Waals surface area (Å²) in [5.41, 5.74) is 2.32. The van der Waals surface area contributed by atoms with Gasteiger partial charge in [0, 0.05) is 4.47 Å². The van der Waals surface area contributed by atoms with Crippen LogP contribution in [0.5, 0.6) is 0 Å². The molecule has 1 rings (SSSR count). The van der Waals surface area contributed by atoms with Gasteiger partial charge in [-0.1, -0.05) is 22.0 Å². The SMILES string of the molecule is Cc1ccc(Br)cc1C(Cl)N(C)C. The van der Waals surface area contributed by atoms with Crippen molar-refractivity contribution in [1.29, 1.82) is 0 Å². The highest BCUT2D eigenvalue weighted by Crippen LogP contribution is 2.27. The molecule has 0 aliphatic carbocycles. The molecular formula is C10H13BrClN. The second-order valence-electron chi connectivity index (χ2n) is 3.30. The molecule has 1 unspecified atom stereocenters. The topological polar surface area (TPSA) is 3.24 Å². The number of rotatable bonds is 2. The molecule has 0 radical (unpaired) electrons. The minimum absolute atomic E-state index is 0.0579. The van der Waals surface area contributed by atoms with E-state index in [1.807, 2.05) is 25.1 Å². The molecule has 1 aromatic rings. The quantitative estimate of drug-likeness (QED) is 0.582. The van der Waals surface area contributed by atoms with E-state index in [2.05, 4.69) is 35.0 Å². The average Bonchev–Trinajstić information content (AvgIpc) is 2.08. The van der Waals surface area contributed by atoms with Gasteiger partial charge in [-0.05, 0) is 44.3 Å². The van der Waals surface area contributed by atoms with E-state index in [9.17, 15) is 0 Å². The summed E-state index contributed by atoms with van der Waals surface area (Å²) >= 11 is 9.66. The molecular weight excluding hydrogens is 249 g/mol. The molecule has 0 spiro atoms. The van der Waals surface area contributed by atoms with Crippen LogP contribution in [0, 0.1) is 6.92 Å². The zero-order valence-corrected chi connectivity index (χ0v) is 10.4. The van der Waals surface area contributed by atoms with Gasteiger partial charge in [0.05, 0.1) is 0 Å². The Hall–Kier alpha value is -0.0500. The summed E-state index contributed by atoms with van der Waals surface area (Å²) in [4.78, 5) is 1.98. The number of hydrogen-bond donors (Lipinski definition) is 0. The van der Waals surface area contributed by atoms with Gasteiger partial charge in [-0.3, -0.25) is 4.90 Å². The third kappa shape index (κ3) is 2.70. The number of hydrogen-bond acceptors (Lipinski definition) is 1. The van der Waals surface area contributed by atoms with Crippen molar-refractivity contribution in [2.45, 2.75) is 12.4 Å². The molecule has 0 aromatic heterocycles. The van der Waals surface area contributed by atoms with Crippen LogP contribution in [-0.4, -0.2) is 19.0 Å². The predicted molar refractivity (Wildman–Crippen MR) is 61.2 cm³/mol. The fraction of sp³-hybridized carbons (Fsp3) is 0.400. The van der Waals surface area contributed by atoms with E-state index in [4.69, 9.17) is 11.6 Å². The molecule has 0 fully saturated rings. The van der Waals surface area contributed by atoms with Crippen LogP contribution in [0.1, 0.15) is 16.6 Å². The van der Waals surface area contributed by atoms with E-state index in [0.29, 0.717) is 0 Å². The Labute approximate surface area is 92.8 Å². The number of aryl methyl sites for hydroxylation is 1. The van der Waals surface area contributed by atoms with Gasteiger partial charge >= 0.3 is 0 Å². The van der Waals surface area contributed by atoms with Crippen molar-refractivity contribution in [3.8, 4) is 0 Å². The van der Waals surface area contributed by atoms with Crippen molar-refractivity contribution >= 4 is 27.5 Å². The summed E-state index contributed by atoms with van der Waals surface area (Å²) in [7, 11) is 3.94. The maximum atomic E-state index is 6.22. The lowest BCUT2D eigenvalue weighted by Crippen LogP contribution is -2.15. The van der Waals surface area contributed by atoms with E-state index in [0.717, 1.165) is 10.0 Å². The minimum atomic E-state index is -0.0579. The molecule has 3 heteroatoms. The second-order valence-corrected chi connectivity index (χ2v) is 4.63. The van der Waals surface area contributed by atoms with Gasteiger partial charge in [-0.15, -0.1) is 11.6 Å². The average molecular weight is 263 g/mol. The van der Waals surface area contributed by atoms with Crippen molar-refractivity contribution in [1.82, 2.24) is 4.90 Å². The zero-order chi connectivity index (χ0) is 10.0. The molecule has 13 heavy (non-hydrogen) atoms. The molecule has 1 nitrogen and oxygen atoms in total. The van der Waals surface area contributed by atoms with E-state index in [1.54, 1.807) is 0 Å². The molecule has 0 saturated heterocycles. The minimum Gasteiger partial charge on any atom is -0.290 e. The van der Waals surface area contributed by atoms with Gasteiger partial charge in [0.25, 0.3) is 0 Å². The van der Waals surface area contributed by atoms with Crippen molar-refractivity contribution in [2.75, 3.05) is 14.1 Å². The van der Waals surface area contributed by atoms with E-state index >= 15 is 0 Å². The van der Waals surface area contributed by atoms with Crippen LogP contribution >= 0.6 is 27.5 Å². The predicted octanol–water partition coefficient (Wildman–Crippen LogP) is 3.56. The number of alkyl halides is 1. The van der Waals surface area contributed by atoms with Crippen molar-refractivity contribution < 1.29 is 0 Å². The lowest BCUT2D eigenvalue weighted by molar-refractivity contribution is 0.383. The Morgan fingerprint density at radius 1 is 1.38 bits per heavy atom. The maximum absolute atomic E-state index is 6.22. The Kier molecular flexibility index (Phi) is 3.77. The fourth-order valence-electron chi connectivity index (χ4n) is 1.15. The van der Waals surface area contributed by atoms with Crippen molar-refractivity contribution in [3.05, 3.63) is 33.8 Å². The molecule has 0 bridgehead atoms. The van der Waals surface area contributed by atoms with Crippen LogP contribution in [0.3, 0.4) is 0 Å². The number of benzene rings is 1. The van der Waals surface area contributed by atoms with Gasteiger partial charge in [0.2, 0.25) is 0 Å². The smallest absolute Gasteiger partial charge is 0.110 e. The highest BCUT2D eigenvalue weighted by atomic mass is 79.9. The normalized spacial score (nSPS) is 13.4. The second kappa shape index (κ2) is 4.45. The molecule has 72 valence electrons. The fourth-order valence-corrected chi connectivity index (χ4v) is 1.76. The summed E-state index contributed by atoms with van der Waals surface area (Å²) in [6.45, 7) is 2.07. The Balaban J connectivity index is 3.05. The monoisotopic (exact) mass is 261 g/mol. The third-order valence-corrected chi connectivity index (χ3v) is 3.07. The first-order chi connectivity index (χ1) is 6.02. The van der Waals surface area contributed by atoms with Crippen molar-refractivity contribution in [3.63, 3.8) is 0 Å². The van der Waals surface area contributed by atoms with Gasteiger partial charge in [0.15, 0.2) is 0 Å². The molecule has 0 N–H and O–H groups in total. The molecule has 0 heterocycles. The van der Waals surface area contributed by atoms with Crippen LogP contribution in [0.4, 0.5) is 0 Å². The number of nitrogens with zero attached hydrogens (tertiary/aromatic N) is 1. The van der Waals surface area contributed by atoms with Gasteiger partial charge < -0.3 is 0 Å². The first-order valence-electron chi connectivity index (χ1n) is 4.09. The Bertz CT molecular complexity index is 299. The highest BCUT2D eigenvalue weighted by molar-refractivity contribution is 9.10. The lowest BCUT2D eigenvalue weighted by Gasteiger charge is -2.19. The summed E-state index contributed by atoms with van der Waals surface area (Å²) in [5.74, 6) is 0. The van der Waals surface area contributed by atoms with Crippen molar-refractivity contribution in [2.24, 2.45) is 0 Å². The van der Waals surface area contributed by atoms with Crippen LogP contribution < -0.4 is 0 Å². The molecule has 0 amide bonds. The van der Waals surface area contributed by atoms with Crippen LogP contribution in [-0.2, 0) is 0 Å². The first kappa shape index (κ1) is 11.0. The summed E-state index contributed by atoms with van der Waals surface area (Å²) in [5, 5.41) is 0. The lowest BCUT2D eigenvalue weighted by atomic mass is 10.1.